The second-order valence-electron chi connectivity index (χ2n) is 6.93. The molecule has 21 heavy (non-hydrogen) atoms. The Morgan fingerprint density at radius 3 is 2.29 bits per heavy atom. The van der Waals surface area contributed by atoms with Crippen molar-refractivity contribution in [3.05, 3.63) is 28.6 Å². The van der Waals surface area contributed by atoms with Crippen LogP contribution in [0.2, 0.25) is 0 Å². The molecule has 2 aliphatic rings. The predicted octanol–water partition coefficient (Wildman–Crippen LogP) is 3.86. The van der Waals surface area contributed by atoms with Crippen LogP contribution in [0.15, 0.2) is 0 Å². The molecular weight excluding hydrogens is 281 g/mol. The monoisotopic (exact) mass is 300 g/mol. The van der Waals surface area contributed by atoms with E-state index in [1.54, 1.807) is 13.8 Å². The van der Waals surface area contributed by atoms with Crippen LogP contribution in [0.4, 0.5) is 13.2 Å². The summed E-state index contributed by atoms with van der Waals surface area (Å²) >= 11 is 0. The fourth-order valence-corrected chi connectivity index (χ4v) is 3.89. The Hall–Kier alpha value is -1.23. The van der Waals surface area contributed by atoms with E-state index in [4.69, 9.17) is 4.74 Å². The molecule has 5 heteroatoms. The van der Waals surface area contributed by atoms with Crippen molar-refractivity contribution in [2.75, 3.05) is 0 Å². The molecule has 1 aromatic carbocycles. The highest BCUT2D eigenvalue weighted by molar-refractivity contribution is 5.51. The van der Waals surface area contributed by atoms with Crippen molar-refractivity contribution in [2.45, 2.75) is 58.2 Å². The minimum Gasteiger partial charge on any atom is -0.485 e. The van der Waals surface area contributed by atoms with Crippen LogP contribution in [0.3, 0.4) is 0 Å². The van der Waals surface area contributed by atoms with E-state index in [9.17, 15) is 18.3 Å². The van der Waals surface area contributed by atoms with Crippen LogP contribution < -0.4 is 4.74 Å². The number of benzene rings is 1. The SMILES string of the molecule is CC(C)Oc1c(F)c(F)c2c(c1F)[C@H]1C[C@@H]2[C@@H](O)C1(C)C. The van der Waals surface area contributed by atoms with Crippen LogP contribution in [-0.4, -0.2) is 17.3 Å². The van der Waals surface area contributed by atoms with Gasteiger partial charge in [-0.15, -0.1) is 0 Å². The Bertz CT molecular complexity index is 610. The average molecular weight is 300 g/mol. The third-order valence-corrected chi connectivity index (χ3v) is 4.96. The highest BCUT2D eigenvalue weighted by atomic mass is 19.2. The van der Waals surface area contributed by atoms with Gasteiger partial charge in [0.1, 0.15) is 0 Å². The van der Waals surface area contributed by atoms with Crippen LogP contribution in [0, 0.1) is 22.9 Å². The van der Waals surface area contributed by atoms with Crippen LogP contribution in [0.1, 0.15) is 57.1 Å². The number of halogens is 3. The summed E-state index contributed by atoms with van der Waals surface area (Å²) < 4.78 is 48.3. The van der Waals surface area contributed by atoms with Crippen LogP contribution in [0.25, 0.3) is 0 Å². The number of ether oxygens (including phenoxy) is 1. The molecule has 0 aliphatic heterocycles. The first-order valence-corrected chi connectivity index (χ1v) is 7.22. The Labute approximate surface area is 121 Å². The van der Waals surface area contributed by atoms with Crippen molar-refractivity contribution in [3.63, 3.8) is 0 Å². The lowest BCUT2D eigenvalue weighted by Crippen LogP contribution is -2.35. The summed E-state index contributed by atoms with van der Waals surface area (Å²) in [4.78, 5) is 0. The number of fused-ring (bicyclic) bond motifs is 5. The topological polar surface area (TPSA) is 29.5 Å². The average Bonchev–Trinajstić information content (AvgIpc) is 2.89. The van der Waals surface area contributed by atoms with Gasteiger partial charge in [0, 0.05) is 17.0 Å². The molecule has 1 aromatic rings. The van der Waals surface area contributed by atoms with Gasteiger partial charge in [0.25, 0.3) is 0 Å². The summed E-state index contributed by atoms with van der Waals surface area (Å²) in [5, 5.41) is 10.3. The van der Waals surface area contributed by atoms with Crippen molar-refractivity contribution < 1.29 is 23.0 Å². The lowest BCUT2D eigenvalue weighted by molar-refractivity contribution is 0.0490. The summed E-state index contributed by atoms with van der Waals surface area (Å²) in [6.45, 7) is 6.91. The summed E-state index contributed by atoms with van der Waals surface area (Å²) in [6.07, 6.45) is -0.800. The molecule has 0 aromatic heterocycles. The maximum atomic E-state index is 14.7. The van der Waals surface area contributed by atoms with Gasteiger partial charge in [-0.25, -0.2) is 8.78 Å². The summed E-state index contributed by atoms with van der Waals surface area (Å²) in [6, 6.07) is 0. The Morgan fingerprint density at radius 1 is 1.10 bits per heavy atom. The molecule has 1 N–H and O–H groups in total. The van der Waals surface area contributed by atoms with Crippen molar-refractivity contribution in [2.24, 2.45) is 5.41 Å². The predicted molar refractivity (Wildman–Crippen MR) is 72.0 cm³/mol. The highest BCUT2D eigenvalue weighted by Gasteiger charge is 2.58. The first-order chi connectivity index (χ1) is 9.67. The maximum absolute atomic E-state index is 14.7. The van der Waals surface area contributed by atoms with Crippen molar-refractivity contribution >= 4 is 0 Å². The minimum absolute atomic E-state index is 0.00192. The molecule has 0 saturated heterocycles. The smallest absolute Gasteiger partial charge is 0.204 e. The minimum atomic E-state index is -1.29. The molecule has 0 radical (unpaired) electrons. The van der Waals surface area contributed by atoms with Gasteiger partial charge in [0.05, 0.1) is 12.2 Å². The summed E-state index contributed by atoms with van der Waals surface area (Å²) in [5.41, 5.74) is -0.375. The van der Waals surface area contributed by atoms with Crippen molar-refractivity contribution in [3.8, 4) is 5.75 Å². The quantitative estimate of drug-likeness (QED) is 0.840. The number of hydrogen-bond donors (Lipinski definition) is 1. The fraction of sp³-hybridized carbons (Fsp3) is 0.625. The van der Waals surface area contributed by atoms with E-state index in [0.717, 1.165) is 0 Å². The van der Waals surface area contributed by atoms with Crippen LogP contribution in [0.5, 0.6) is 5.75 Å². The van der Waals surface area contributed by atoms with Gasteiger partial charge in [0.2, 0.25) is 5.82 Å². The molecule has 0 heterocycles. The van der Waals surface area contributed by atoms with E-state index >= 15 is 0 Å². The molecule has 0 amide bonds. The van der Waals surface area contributed by atoms with Gasteiger partial charge in [-0.1, -0.05) is 13.8 Å². The normalized spacial score (nSPS) is 29.1. The zero-order chi connectivity index (χ0) is 15.7. The summed E-state index contributed by atoms with van der Waals surface area (Å²) in [5.74, 6) is -4.69. The van der Waals surface area contributed by atoms with Crippen molar-refractivity contribution in [1.29, 1.82) is 0 Å². The molecular formula is C16H19F3O2. The lowest BCUT2D eigenvalue weighted by Gasteiger charge is -2.36. The molecule has 1 saturated carbocycles. The van der Waals surface area contributed by atoms with E-state index in [-0.39, 0.29) is 17.0 Å². The number of aliphatic hydroxyl groups excluding tert-OH is 1. The molecule has 3 atom stereocenters. The van der Waals surface area contributed by atoms with E-state index in [0.29, 0.717) is 6.42 Å². The molecule has 2 bridgehead atoms. The van der Waals surface area contributed by atoms with Crippen LogP contribution >= 0.6 is 0 Å². The number of hydrogen-bond acceptors (Lipinski definition) is 2. The van der Waals surface area contributed by atoms with Gasteiger partial charge in [-0.3, -0.25) is 0 Å². The van der Waals surface area contributed by atoms with E-state index in [2.05, 4.69) is 0 Å². The highest BCUT2D eigenvalue weighted by Crippen LogP contribution is 2.64. The van der Waals surface area contributed by atoms with E-state index < -0.39 is 46.7 Å². The molecule has 3 rings (SSSR count). The van der Waals surface area contributed by atoms with Gasteiger partial charge in [0.15, 0.2) is 17.4 Å². The first kappa shape index (κ1) is 14.7. The number of rotatable bonds is 2. The summed E-state index contributed by atoms with van der Waals surface area (Å²) in [7, 11) is 0. The third-order valence-electron chi connectivity index (χ3n) is 4.96. The zero-order valence-corrected chi connectivity index (χ0v) is 12.5. The zero-order valence-electron chi connectivity index (χ0n) is 12.5. The lowest BCUT2D eigenvalue weighted by atomic mass is 9.71. The second kappa shape index (κ2) is 4.38. The van der Waals surface area contributed by atoms with Gasteiger partial charge >= 0.3 is 0 Å². The van der Waals surface area contributed by atoms with Gasteiger partial charge in [-0.05, 0) is 31.6 Å². The number of aliphatic hydroxyl groups is 1. The molecule has 1 fully saturated rings. The largest absolute Gasteiger partial charge is 0.485 e. The molecule has 0 unspecified atom stereocenters. The second-order valence-corrected chi connectivity index (χ2v) is 6.93. The van der Waals surface area contributed by atoms with Gasteiger partial charge < -0.3 is 9.84 Å². The Kier molecular flexibility index (Phi) is 3.07. The first-order valence-electron chi connectivity index (χ1n) is 7.22. The maximum Gasteiger partial charge on any atom is 0.204 e. The molecule has 2 nitrogen and oxygen atoms in total. The van der Waals surface area contributed by atoms with E-state index in [1.165, 1.54) is 0 Å². The standard InChI is InChI=1S/C16H19F3O2/c1-6(2)21-14-12(18)10-8-5-7(15(20)16(8,3)4)9(10)11(17)13(14)19/h6-8,15,20H,5H2,1-4H3/t7-,8+,15+/m0/s1. The van der Waals surface area contributed by atoms with Crippen LogP contribution in [-0.2, 0) is 0 Å². The Balaban J connectivity index is 2.24. The molecule has 116 valence electrons. The third kappa shape index (κ3) is 1.76. The molecule has 0 spiro atoms. The van der Waals surface area contributed by atoms with E-state index in [1.807, 2.05) is 13.8 Å². The molecule has 2 aliphatic carbocycles. The van der Waals surface area contributed by atoms with Gasteiger partial charge in [-0.2, -0.15) is 4.39 Å². The fourth-order valence-electron chi connectivity index (χ4n) is 3.89. The van der Waals surface area contributed by atoms with Crippen molar-refractivity contribution in [1.82, 2.24) is 0 Å². The Morgan fingerprint density at radius 2 is 1.71 bits per heavy atom.